The summed E-state index contributed by atoms with van der Waals surface area (Å²) in [5, 5.41) is 3.45. The zero-order chi connectivity index (χ0) is 14.4. The van der Waals surface area contributed by atoms with E-state index in [1.807, 2.05) is 6.92 Å². The number of amides is 1. The molecule has 1 atom stereocenters. The highest BCUT2D eigenvalue weighted by molar-refractivity contribution is 6.31. The van der Waals surface area contributed by atoms with E-state index >= 15 is 0 Å². The van der Waals surface area contributed by atoms with Gasteiger partial charge in [-0.2, -0.15) is 0 Å². The molecule has 3 N–H and O–H groups in total. The van der Waals surface area contributed by atoms with Crippen molar-refractivity contribution in [1.29, 1.82) is 0 Å². The Labute approximate surface area is 119 Å². The number of halogens is 1. The number of hydrogen-bond donors (Lipinski definition) is 2. The van der Waals surface area contributed by atoms with Crippen molar-refractivity contribution in [2.45, 2.75) is 26.8 Å². The third kappa shape index (κ3) is 4.73. The van der Waals surface area contributed by atoms with Crippen LogP contribution in [0.4, 0.5) is 5.69 Å². The van der Waals surface area contributed by atoms with E-state index in [0.29, 0.717) is 16.3 Å². The molecule has 0 aromatic heterocycles. The number of carbonyl (C=O) groups excluding carboxylic acids is 1. The molecule has 0 aliphatic carbocycles. The molecule has 0 radical (unpaired) electrons. The third-order valence-corrected chi connectivity index (χ3v) is 3.30. The van der Waals surface area contributed by atoms with Crippen molar-refractivity contribution in [2.24, 2.45) is 0 Å². The molecule has 5 heteroatoms. The van der Waals surface area contributed by atoms with Crippen molar-refractivity contribution >= 4 is 23.2 Å². The molecule has 1 amide bonds. The molecule has 0 bridgehead atoms. The van der Waals surface area contributed by atoms with Gasteiger partial charge in [0, 0.05) is 23.3 Å². The Balaban J connectivity index is 2.66. The lowest BCUT2D eigenvalue weighted by Gasteiger charge is -2.23. The summed E-state index contributed by atoms with van der Waals surface area (Å²) in [5.74, 6) is -0.181. The summed E-state index contributed by atoms with van der Waals surface area (Å²) in [5.41, 5.74) is 6.66. The molecule has 1 aromatic rings. The minimum absolute atomic E-state index is 0.0609. The maximum absolute atomic E-state index is 12.1. The van der Waals surface area contributed by atoms with Gasteiger partial charge in [0.25, 0.3) is 5.91 Å². The molecule has 19 heavy (non-hydrogen) atoms. The lowest BCUT2D eigenvalue weighted by molar-refractivity contribution is 0.0931. The van der Waals surface area contributed by atoms with Crippen LogP contribution in [0.25, 0.3) is 0 Å². The Bertz CT molecular complexity index is 433. The van der Waals surface area contributed by atoms with Crippen LogP contribution >= 0.6 is 11.6 Å². The number of nitrogens with two attached hydrogens (primary N) is 1. The highest BCUT2D eigenvalue weighted by Crippen LogP contribution is 2.17. The second kappa shape index (κ2) is 7.36. The number of nitrogens with one attached hydrogen (secondary N) is 1. The third-order valence-electron chi connectivity index (χ3n) is 3.06. The van der Waals surface area contributed by atoms with Crippen molar-refractivity contribution in [3.8, 4) is 0 Å². The fraction of sp³-hybridized carbons (Fsp3) is 0.500. The van der Waals surface area contributed by atoms with Crippen LogP contribution in [-0.4, -0.2) is 36.5 Å². The highest BCUT2D eigenvalue weighted by atomic mass is 35.5. The average molecular weight is 284 g/mol. The second-order valence-electron chi connectivity index (χ2n) is 4.59. The summed E-state index contributed by atoms with van der Waals surface area (Å²) in [7, 11) is 0. The van der Waals surface area contributed by atoms with Crippen molar-refractivity contribution in [2.75, 3.05) is 25.4 Å². The van der Waals surface area contributed by atoms with Crippen molar-refractivity contribution in [3.05, 3.63) is 28.8 Å². The average Bonchev–Trinajstić information content (AvgIpc) is 2.38. The van der Waals surface area contributed by atoms with Gasteiger partial charge in [0.05, 0.1) is 5.56 Å². The largest absolute Gasteiger partial charge is 0.398 e. The van der Waals surface area contributed by atoms with E-state index in [-0.39, 0.29) is 11.9 Å². The fourth-order valence-corrected chi connectivity index (χ4v) is 2.11. The zero-order valence-electron chi connectivity index (χ0n) is 11.7. The first kappa shape index (κ1) is 15.8. The summed E-state index contributed by atoms with van der Waals surface area (Å²) < 4.78 is 0. The number of likely N-dealkylation sites (N-methyl/N-ethyl adjacent to an activating group) is 1. The van der Waals surface area contributed by atoms with E-state index in [1.54, 1.807) is 18.2 Å². The Morgan fingerprint density at radius 3 is 2.63 bits per heavy atom. The summed E-state index contributed by atoms with van der Waals surface area (Å²) in [6.07, 6.45) is 0. The van der Waals surface area contributed by atoms with Crippen molar-refractivity contribution in [1.82, 2.24) is 10.2 Å². The van der Waals surface area contributed by atoms with Gasteiger partial charge in [-0.25, -0.2) is 0 Å². The first-order valence-corrected chi connectivity index (χ1v) is 6.93. The molecule has 0 aliphatic rings. The minimum atomic E-state index is -0.181. The first-order chi connectivity index (χ1) is 8.97. The van der Waals surface area contributed by atoms with Gasteiger partial charge in [0.15, 0.2) is 0 Å². The lowest BCUT2D eigenvalue weighted by atomic mass is 10.1. The lowest BCUT2D eigenvalue weighted by Crippen LogP contribution is -2.42. The molecule has 0 spiro atoms. The summed E-state index contributed by atoms with van der Waals surface area (Å²) in [4.78, 5) is 14.4. The predicted octanol–water partition coefficient (Wildman–Crippen LogP) is 2.38. The number of benzene rings is 1. The number of carbonyl (C=O) groups is 1. The van der Waals surface area contributed by atoms with Gasteiger partial charge in [0.2, 0.25) is 0 Å². The molecule has 1 rings (SSSR count). The van der Waals surface area contributed by atoms with Crippen LogP contribution in [0.5, 0.6) is 0 Å². The van der Waals surface area contributed by atoms with E-state index < -0.39 is 0 Å². The standard InChI is InChI=1S/C14H22ClN3O/c1-4-18(5-2)9-10(3)17-14(19)12-8-11(15)6-7-13(12)16/h6-8,10H,4-5,9,16H2,1-3H3,(H,17,19). The van der Waals surface area contributed by atoms with E-state index in [1.165, 1.54) is 0 Å². The number of nitrogen functional groups attached to an aromatic ring is 1. The van der Waals surface area contributed by atoms with E-state index in [4.69, 9.17) is 17.3 Å². The molecule has 0 aliphatic heterocycles. The van der Waals surface area contributed by atoms with E-state index in [0.717, 1.165) is 19.6 Å². The van der Waals surface area contributed by atoms with Gasteiger partial charge in [-0.3, -0.25) is 4.79 Å². The Morgan fingerprint density at radius 2 is 2.05 bits per heavy atom. The summed E-state index contributed by atoms with van der Waals surface area (Å²) in [6, 6.07) is 4.97. The van der Waals surface area contributed by atoms with Crippen molar-refractivity contribution in [3.63, 3.8) is 0 Å². The normalized spacial score (nSPS) is 12.5. The molecule has 106 valence electrons. The monoisotopic (exact) mass is 283 g/mol. The van der Waals surface area contributed by atoms with E-state index in [9.17, 15) is 4.79 Å². The fourth-order valence-electron chi connectivity index (χ4n) is 1.94. The van der Waals surface area contributed by atoms with Gasteiger partial charge in [0.1, 0.15) is 0 Å². The van der Waals surface area contributed by atoms with E-state index in [2.05, 4.69) is 24.1 Å². The maximum Gasteiger partial charge on any atom is 0.253 e. The van der Waals surface area contributed by atoms with Crippen LogP contribution in [-0.2, 0) is 0 Å². The highest BCUT2D eigenvalue weighted by Gasteiger charge is 2.14. The van der Waals surface area contributed by atoms with Gasteiger partial charge < -0.3 is 16.0 Å². The summed E-state index contributed by atoms with van der Waals surface area (Å²) in [6.45, 7) is 8.95. The molecule has 0 fully saturated rings. The SMILES string of the molecule is CCN(CC)CC(C)NC(=O)c1cc(Cl)ccc1N. The van der Waals surface area contributed by atoms with Crippen LogP contribution in [0.2, 0.25) is 5.02 Å². The molecule has 1 unspecified atom stereocenters. The summed E-state index contributed by atoms with van der Waals surface area (Å²) >= 11 is 5.88. The molecule has 0 saturated carbocycles. The predicted molar refractivity (Wildman–Crippen MR) is 80.6 cm³/mol. The Morgan fingerprint density at radius 1 is 1.42 bits per heavy atom. The van der Waals surface area contributed by atoms with Gasteiger partial charge in [-0.1, -0.05) is 25.4 Å². The quantitative estimate of drug-likeness (QED) is 0.788. The Hall–Kier alpha value is -1.26. The molecule has 4 nitrogen and oxygen atoms in total. The van der Waals surface area contributed by atoms with Crippen LogP contribution in [0, 0.1) is 0 Å². The first-order valence-electron chi connectivity index (χ1n) is 6.56. The smallest absolute Gasteiger partial charge is 0.253 e. The maximum atomic E-state index is 12.1. The van der Waals surface area contributed by atoms with Gasteiger partial charge >= 0.3 is 0 Å². The molecular formula is C14H22ClN3O. The number of hydrogen-bond acceptors (Lipinski definition) is 3. The van der Waals surface area contributed by atoms with Crippen LogP contribution in [0.15, 0.2) is 18.2 Å². The zero-order valence-corrected chi connectivity index (χ0v) is 12.5. The van der Waals surface area contributed by atoms with Crippen LogP contribution in [0.3, 0.4) is 0 Å². The molecule has 1 aromatic carbocycles. The number of rotatable bonds is 6. The van der Waals surface area contributed by atoms with Crippen molar-refractivity contribution < 1.29 is 4.79 Å². The van der Waals surface area contributed by atoms with Crippen LogP contribution < -0.4 is 11.1 Å². The Kier molecular flexibility index (Phi) is 6.12. The minimum Gasteiger partial charge on any atom is -0.398 e. The van der Waals surface area contributed by atoms with Crippen LogP contribution in [0.1, 0.15) is 31.1 Å². The molecular weight excluding hydrogens is 262 g/mol. The van der Waals surface area contributed by atoms with Gasteiger partial charge in [-0.05, 0) is 38.2 Å². The van der Waals surface area contributed by atoms with Gasteiger partial charge in [-0.15, -0.1) is 0 Å². The number of nitrogens with zero attached hydrogens (tertiary/aromatic N) is 1. The topological polar surface area (TPSA) is 58.4 Å². The molecule has 0 heterocycles. The molecule has 0 saturated heterocycles. The number of anilines is 1. The second-order valence-corrected chi connectivity index (χ2v) is 5.03.